The Morgan fingerprint density at radius 1 is 1.24 bits per heavy atom. The molecule has 0 aromatic heterocycles. The Morgan fingerprint density at radius 2 is 1.76 bits per heavy atom. The maximum Gasteiger partial charge on any atom is 0.416 e. The number of carboxylic acids is 1. The molecule has 0 radical (unpaired) electrons. The smallest absolute Gasteiger partial charge is 0.416 e. The molecule has 0 spiro atoms. The van der Waals surface area contributed by atoms with Gasteiger partial charge in [-0.1, -0.05) is 32.1 Å². The van der Waals surface area contributed by atoms with E-state index in [0.29, 0.717) is 0 Å². The minimum atomic E-state index is -4.63. The Labute approximate surface area is 119 Å². The number of allylic oxidation sites excluding steroid dienone is 2. The Bertz CT molecular complexity index is 585. The first-order chi connectivity index (χ1) is 9.55. The van der Waals surface area contributed by atoms with Crippen LogP contribution in [-0.2, 0) is 4.79 Å². The predicted octanol–water partition coefficient (Wildman–Crippen LogP) is 4.13. The molecule has 0 aliphatic heterocycles. The Balaban J connectivity index is 2.41. The molecular formula is C15H14F4O2. The normalized spacial score (nSPS) is 24.8. The topological polar surface area (TPSA) is 37.3 Å². The Hall–Kier alpha value is -1.85. The minimum Gasteiger partial charge on any atom is -0.481 e. The van der Waals surface area contributed by atoms with E-state index in [0.717, 1.165) is 30.3 Å². The first-order valence-corrected chi connectivity index (χ1v) is 6.33. The third kappa shape index (κ3) is 2.94. The lowest BCUT2D eigenvalue weighted by molar-refractivity contribution is -0.139. The van der Waals surface area contributed by atoms with Gasteiger partial charge in [0.05, 0.1) is 11.5 Å². The molecule has 2 nitrogen and oxygen atoms in total. The molecule has 2 rings (SSSR count). The molecule has 2 unspecified atom stereocenters. The first kappa shape index (κ1) is 15.5. The number of carboxylic acid groups (broad SMARTS) is 1. The summed E-state index contributed by atoms with van der Waals surface area (Å²) < 4.78 is 52.3. The monoisotopic (exact) mass is 302 g/mol. The molecule has 0 saturated heterocycles. The van der Waals surface area contributed by atoms with Crippen LogP contribution >= 0.6 is 0 Å². The molecule has 114 valence electrons. The fraction of sp³-hybridized carbons (Fsp3) is 0.400. The van der Waals surface area contributed by atoms with E-state index >= 15 is 0 Å². The van der Waals surface area contributed by atoms with Gasteiger partial charge in [0, 0.05) is 0 Å². The van der Waals surface area contributed by atoms with Gasteiger partial charge in [0.25, 0.3) is 0 Å². The Kier molecular flexibility index (Phi) is 3.59. The molecular weight excluding hydrogens is 288 g/mol. The fourth-order valence-corrected chi connectivity index (χ4v) is 2.62. The molecule has 0 bridgehead atoms. The van der Waals surface area contributed by atoms with Crippen molar-refractivity contribution in [1.29, 1.82) is 0 Å². The Morgan fingerprint density at radius 3 is 2.14 bits per heavy atom. The van der Waals surface area contributed by atoms with Gasteiger partial charge >= 0.3 is 12.1 Å². The van der Waals surface area contributed by atoms with Crippen LogP contribution < -0.4 is 0 Å². The van der Waals surface area contributed by atoms with E-state index in [1.54, 1.807) is 13.8 Å². The highest BCUT2D eigenvalue weighted by Crippen LogP contribution is 2.60. The zero-order valence-corrected chi connectivity index (χ0v) is 11.4. The van der Waals surface area contributed by atoms with E-state index in [2.05, 4.69) is 0 Å². The summed E-state index contributed by atoms with van der Waals surface area (Å²) in [5, 5.41) is 9.02. The molecule has 1 saturated carbocycles. The fourth-order valence-electron chi connectivity index (χ4n) is 2.62. The molecule has 0 amide bonds. The van der Waals surface area contributed by atoms with Crippen LogP contribution in [0.5, 0.6) is 0 Å². The van der Waals surface area contributed by atoms with Gasteiger partial charge in [0.15, 0.2) is 0 Å². The molecule has 0 heterocycles. The summed E-state index contributed by atoms with van der Waals surface area (Å²) in [4.78, 5) is 11.0. The third-order valence-electron chi connectivity index (χ3n) is 3.98. The van der Waals surface area contributed by atoms with Crippen molar-refractivity contribution in [2.75, 3.05) is 0 Å². The molecule has 2 atom stereocenters. The van der Waals surface area contributed by atoms with Crippen LogP contribution in [0.1, 0.15) is 19.4 Å². The zero-order valence-electron chi connectivity index (χ0n) is 11.4. The standard InChI is InChI=1S/C15H14F4O2/c1-14(2)11(12(14)13(20)21)7-10(15(17,18)19)8-3-5-9(16)6-4-8/h3-7,11-12H,1-2H3,(H,20,21). The SMILES string of the molecule is CC1(C)C(C=C(c2ccc(F)cc2)C(F)(F)F)C1C(=O)O. The molecule has 1 fully saturated rings. The van der Waals surface area contributed by atoms with E-state index in [-0.39, 0.29) is 5.56 Å². The van der Waals surface area contributed by atoms with Crippen molar-refractivity contribution in [3.63, 3.8) is 0 Å². The van der Waals surface area contributed by atoms with Crippen molar-refractivity contribution >= 4 is 11.5 Å². The molecule has 6 heteroatoms. The van der Waals surface area contributed by atoms with Crippen molar-refractivity contribution in [2.24, 2.45) is 17.3 Å². The summed E-state index contributed by atoms with van der Waals surface area (Å²) in [7, 11) is 0. The van der Waals surface area contributed by atoms with E-state index < -0.39 is 40.8 Å². The summed E-state index contributed by atoms with van der Waals surface area (Å²) >= 11 is 0. The number of benzene rings is 1. The molecule has 1 aromatic rings. The van der Waals surface area contributed by atoms with Gasteiger partial charge < -0.3 is 5.11 Å². The van der Waals surface area contributed by atoms with Crippen molar-refractivity contribution in [2.45, 2.75) is 20.0 Å². The van der Waals surface area contributed by atoms with Gasteiger partial charge in [-0.2, -0.15) is 13.2 Å². The largest absolute Gasteiger partial charge is 0.481 e. The van der Waals surface area contributed by atoms with Crippen LogP contribution in [-0.4, -0.2) is 17.3 Å². The van der Waals surface area contributed by atoms with Crippen LogP contribution in [0.3, 0.4) is 0 Å². The average Bonchev–Trinajstić information content (AvgIpc) is 2.88. The van der Waals surface area contributed by atoms with Crippen molar-refractivity contribution < 1.29 is 27.5 Å². The summed E-state index contributed by atoms with van der Waals surface area (Å²) in [6, 6.07) is 3.98. The summed E-state index contributed by atoms with van der Waals surface area (Å²) in [5.74, 6) is -3.27. The highest BCUT2D eigenvalue weighted by molar-refractivity contribution is 5.78. The number of halogens is 4. The highest BCUT2D eigenvalue weighted by Gasteiger charge is 2.61. The van der Waals surface area contributed by atoms with E-state index in [9.17, 15) is 22.4 Å². The van der Waals surface area contributed by atoms with Crippen LogP contribution in [0.15, 0.2) is 30.3 Å². The average molecular weight is 302 g/mol. The summed E-state index contributed by atoms with van der Waals surface area (Å²) in [6.07, 6.45) is -3.68. The number of hydrogen-bond donors (Lipinski definition) is 1. The van der Waals surface area contributed by atoms with Crippen molar-refractivity contribution in [1.82, 2.24) is 0 Å². The molecule has 1 aromatic carbocycles. The van der Waals surface area contributed by atoms with Gasteiger partial charge in [-0.05, 0) is 29.0 Å². The number of rotatable bonds is 3. The van der Waals surface area contributed by atoms with Crippen molar-refractivity contribution in [3.8, 4) is 0 Å². The number of alkyl halides is 3. The molecule has 1 N–H and O–H groups in total. The molecule has 21 heavy (non-hydrogen) atoms. The molecule has 1 aliphatic carbocycles. The predicted molar refractivity (Wildman–Crippen MR) is 68.8 cm³/mol. The second-order valence-electron chi connectivity index (χ2n) is 5.75. The number of aliphatic carboxylic acids is 1. The van der Waals surface area contributed by atoms with Gasteiger partial charge in [0.2, 0.25) is 0 Å². The van der Waals surface area contributed by atoms with E-state index in [4.69, 9.17) is 5.11 Å². The lowest BCUT2D eigenvalue weighted by Crippen LogP contribution is -2.11. The van der Waals surface area contributed by atoms with Gasteiger partial charge in [-0.15, -0.1) is 0 Å². The lowest BCUT2D eigenvalue weighted by atomic mass is 10.0. The maximum absolute atomic E-state index is 13.2. The van der Waals surface area contributed by atoms with Crippen LogP contribution in [0.4, 0.5) is 17.6 Å². The van der Waals surface area contributed by atoms with Gasteiger partial charge in [0.1, 0.15) is 5.82 Å². The van der Waals surface area contributed by atoms with E-state index in [1.807, 2.05) is 0 Å². The van der Waals surface area contributed by atoms with Crippen LogP contribution in [0.25, 0.3) is 5.57 Å². The van der Waals surface area contributed by atoms with Gasteiger partial charge in [-0.25, -0.2) is 4.39 Å². The maximum atomic E-state index is 13.2. The second kappa shape index (κ2) is 4.86. The lowest BCUT2D eigenvalue weighted by Gasteiger charge is -2.12. The number of hydrogen-bond acceptors (Lipinski definition) is 1. The summed E-state index contributed by atoms with van der Waals surface area (Å²) in [6.45, 7) is 3.23. The number of carbonyl (C=O) groups is 1. The minimum absolute atomic E-state index is 0.171. The first-order valence-electron chi connectivity index (χ1n) is 6.33. The molecule has 1 aliphatic rings. The van der Waals surface area contributed by atoms with E-state index in [1.165, 1.54) is 0 Å². The second-order valence-corrected chi connectivity index (χ2v) is 5.75. The van der Waals surface area contributed by atoms with Crippen molar-refractivity contribution in [3.05, 3.63) is 41.7 Å². The van der Waals surface area contributed by atoms with Crippen LogP contribution in [0.2, 0.25) is 0 Å². The van der Waals surface area contributed by atoms with Gasteiger partial charge in [-0.3, -0.25) is 4.79 Å². The van der Waals surface area contributed by atoms with Crippen LogP contribution in [0, 0.1) is 23.1 Å². The zero-order chi connectivity index (χ0) is 16.0. The third-order valence-corrected chi connectivity index (χ3v) is 3.98. The summed E-state index contributed by atoms with van der Waals surface area (Å²) in [5.41, 5.74) is -1.82. The quantitative estimate of drug-likeness (QED) is 0.852. The highest BCUT2D eigenvalue weighted by atomic mass is 19.4.